The van der Waals surface area contributed by atoms with Gasteiger partial charge in [0.15, 0.2) is 0 Å². The molecule has 6 rings (SSSR count). The number of aliphatic carboxylic acids is 2. The Morgan fingerprint density at radius 1 is 0.529 bits per heavy atom. The van der Waals surface area contributed by atoms with Gasteiger partial charge in [0.1, 0.15) is 29.5 Å². The Kier molecular flexibility index (Phi) is 35.3. The number of hydrogen-bond donors (Lipinski definition) is 5. The van der Waals surface area contributed by atoms with Gasteiger partial charge >= 0.3 is 23.9 Å². The summed E-state index contributed by atoms with van der Waals surface area (Å²) in [6.45, 7) is 22.3. The van der Waals surface area contributed by atoms with Crippen LogP contribution in [0.1, 0.15) is 165 Å². The molecule has 6 heterocycles. The van der Waals surface area contributed by atoms with Crippen LogP contribution < -0.4 is 31.1 Å². The van der Waals surface area contributed by atoms with Crippen molar-refractivity contribution in [1.29, 1.82) is 0 Å². The second-order valence-corrected chi connectivity index (χ2v) is 20.6. The third kappa shape index (κ3) is 25.7. The predicted molar refractivity (Wildman–Crippen MR) is 331 cm³/mol. The largest absolute Gasteiger partial charge is 0.870 e. The topological polar surface area (TPSA) is 341 Å². The van der Waals surface area contributed by atoms with Crippen molar-refractivity contribution in [3.8, 4) is 0 Å². The number of nitrogens with two attached hydrogens (primary N) is 1. The summed E-state index contributed by atoms with van der Waals surface area (Å²) in [4.78, 5) is 124. The average Bonchev–Trinajstić information content (AvgIpc) is 1.33. The molecule has 3 aliphatic rings. The summed E-state index contributed by atoms with van der Waals surface area (Å²) in [6, 6.07) is 9.95. The Morgan fingerprint density at radius 3 is 1.16 bits per heavy atom. The van der Waals surface area contributed by atoms with E-state index in [1.54, 1.807) is 67.5 Å². The molecule has 3 aromatic heterocycles. The number of pyridine rings is 3. The van der Waals surface area contributed by atoms with E-state index in [-0.39, 0.29) is 59.8 Å². The summed E-state index contributed by atoms with van der Waals surface area (Å²) in [7, 11) is 0. The van der Waals surface area contributed by atoms with E-state index >= 15 is 0 Å². The highest BCUT2D eigenvalue weighted by Crippen LogP contribution is 2.30. The molecule has 0 aliphatic carbocycles. The van der Waals surface area contributed by atoms with Gasteiger partial charge in [-0.1, -0.05) is 57.2 Å². The monoisotopic (exact) mass is 1210 g/mol. The molecular formula is C64H92N9O14-. The number of carboxylic acid groups (broad SMARTS) is 2. The van der Waals surface area contributed by atoms with Crippen LogP contribution in [0.25, 0.3) is 0 Å². The van der Waals surface area contributed by atoms with Gasteiger partial charge < -0.3 is 41.5 Å². The lowest BCUT2D eigenvalue weighted by molar-refractivity contribution is -0.144. The molecule has 5 amide bonds. The van der Waals surface area contributed by atoms with Crippen molar-refractivity contribution in [3.05, 3.63) is 108 Å². The predicted octanol–water partition coefficient (Wildman–Crippen LogP) is 7.41. The first kappa shape index (κ1) is 74.9. The summed E-state index contributed by atoms with van der Waals surface area (Å²) in [5.41, 5.74) is 11.5. The van der Waals surface area contributed by atoms with E-state index < -0.39 is 30.1 Å². The minimum absolute atomic E-state index is 0. The molecule has 23 heteroatoms. The van der Waals surface area contributed by atoms with Crippen molar-refractivity contribution in [3.63, 3.8) is 0 Å². The molecular weight excluding hydrogens is 1120 g/mol. The van der Waals surface area contributed by atoms with Gasteiger partial charge in [-0.3, -0.25) is 57.9 Å². The quantitative estimate of drug-likeness (QED) is 0.0349. The van der Waals surface area contributed by atoms with Gasteiger partial charge in [-0.25, -0.2) is 15.0 Å². The van der Waals surface area contributed by atoms with Crippen LogP contribution in [0, 0.1) is 0 Å². The molecule has 0 saturated carbocycles. The first-order valence-corrected chi connectivity index (χ1v) is 30.1. The van der Waals surface area contributed by atoms with Crippen molar-refractivity contribution >= 4 is 70.9 Å². The van der Waals surface area contributed by atoms with Crippen LogP contribution >= 0.6 is 0 Å². The van der Waals surface area contributed by atoms with E-state index in [1.807, 2.05) is 36.4 Å². The zero-order valence-electron chi connectivity index (χ0n) is 51.5. The molecule has 23 nitrogen and oxygen atoms in total. The lowest BCUT2D eigenvalue weighted by atomic mass is 10.0. The van der Waals surface area contributed by atoms with Crippen LogP contribution in [0.3, 0.4) is 0 Å². The number of fused-ring (bicyclic) bond motifs is 3. The standard InChI is InChI=1S/C22H31N3O4.C20H27N3O4.C19H27N3O3.C3H6O2.H2O/c1-4-9-18(24-19(26)5-2)22(28)25-15-8-10-16-13-14-17(23-21(16)25)11-7-12-20(27)29-6-3;1-3-7-16(22-17(24)4-2)20(27)23-13-6-8-14-11-12-15(21-19(14)23)9-5-10-18(25)26;1-3-7-16(20)19(24)22-13-6-8-14-11-12-15(21-18(14)22)9-5-10-17(23)25-4-2;1-2-3(4)5;/h4,13-14,18H,1,5-12,15H2,2-3H3,(H,24,26);3,11-12,16H,1,4-10,13H2,2H3,(H,22,24)(H,25,26);3,11-12,16H,1,4-10,13,20H2,2H3;2H2,1H3,(H,4,5);1H2/p-1. The van der Waals surface area contributed by atoms with E-state index in [1.165, 1.54) is 0 Å². The number of carbonyl (C=O) groups excluding carboxylic acids is 7. The maximum Gasteiger partial charge on any atom is 0.305 e. The van der Waals surface area contributed by atoms with Crippen molar-refractivity contribution in [2.24, 2.45) is 5.73 Å². The molecule has 478 valence electrons. The number of amides is 5. The van der Waals surface area contributed by atoms with Crippen LogP contribution in [0.5, 0.6) is 0 Å². The minimum Gasteiger partial charge on any atom is -0.870 e. The SMILES string of the molecule is C=CCC(N)C(=O)N1CCCc2ccc(CCCC(=O)OCC)nc21.C=CCC(NC(=O)CC)C(=O)N1CCCc2ccc(CCCC(=O)O)nc21.C=CCC(NC(=O)CC)C(=O)N1CCCc2ccc(CCCC(=O)OCC)nc21.CCC(=O)O.[OH-]. The van der Waals surface area contributed by atoms with Gasteiger partial charge in [0, 0.05) is 75.2 Å². The Hall–Kier alpha value is -8.18. The molecule has 0 bridgehead atoms. The van der Waals surface area contributed by atoms with Crippen molar-refractivity contribution in [1.82, 2.24) is 25.6 Å². The van der Waals surface area contributed by atoms with Crippen molar-refractivity contribution in [2.45, 2.75) is 188 Å². The minimum atomic E-state index is -0.830. The van der Waals surface area contributed by atoms with Gasteiger partial charge in [0.25, 0.3) is 11.8 Å². The number of nitrogens with zero attached hydrogens (tertiary/aromatic N) is 6. The number of aryl methyl sites for hydroxylation is 6. The number of rotatable bonds is 28. The fraction of sp³-hybridized carbons (Fsp3) is 0.531. The Balaban J connectivity index is 0.000000426. The van der Waals surface area contributed by atoms with Crippen LogP contribution in [-0.2, 0) is 91.1 Å². The van der Waals surface area contributed by atoms with Gasteiger partial charge in [-0.05, 0) is 145 Å². The van der Waals surface area contributed by atoms with E-state index in [2.05, 4.69) is 40.3 Å². The van der Waals surface area contributed by atoms with Crippen LogP contribution in [0.2, 0.25) is 0 Å². The number of nitrogens with one attached hydrogen (secondary N) is 2. The zero-order chi connectivity index (χ0) is 63.6. The smallest absolute Gasteiger partial charge is 0.305 e. The Labute approximate surface area is 511 Å². The van der Waals surface area contributed by atoms with Gasteiger partial charge in [-0.2, -0.15) is 0 Å². The lowest BCUT2D eigenvalue weighted by Gasteiger charge is -2.31. The van der Waals surface area contributed by atoms with Gasteiger partial charge in [0.2, 0.25) is 17.7 Å². The fourth-order valence-electron chi connectivity index (χ4n) is 9.44. The van der Waals surface area contributed by atoms with Crippen LogP contribution in [-0.4, -0.2) is 135 Å². The number of ether oxygens (including phenoxy) is 2. The third-order valence-corrected chi connectivity index (χ3v) is 13.9. The van der Waals surface area contributed by atoms with Crippen LogP contribution in [0.15, 0.2) is 74.4 Å². The average molecular weight is 1210 g/mol. The van der Waals surface area contributed by atoms with E-state index in [9.17, 15) is 43.2 Å². The van der Waals surface area contributed by atoms with E-state index in [4.69, 9.17) is 30.4 Å². The highest BCUT2D eigenvalue weighted by atomic mass is 16.5. The summed E-state index contributed by atoms with van der Waals surface area (Å²) in [5.74, 6) is -0.778. The number of esters is 2. The van der Waals surface area contributed by atoms with Crippen LogP contribution in [0.4, 0.5) is 17.5 Å². The molecule has 0 spiro atoms. The first-order valence-electron chi connectivity index (χ1n) is 30.1. The van der Waals surface area contributed by atoms with Crippen molar-refractivity contribution < 1.29 is 68.3 Å². The van der Waals surface area contributed by atoms with E-state index in [0.717, 1.165) is 72.3 Å². The molecule has 3 unspecified atom stereocenters. The molecule has 0 aromatic carbocycles. The summed E-state index contributed by atoms with van der Waals surface area (Å²) in [5, 5.41) is 22.1. The Morgan fingerprint density at radius 2 is 0.862 bits per heavy atom. The van der Waals surface area contributed by atoms with Gasteiger partial charge in [0.05, 0.1) is 19.3 Å². The molecule has 87 heavy (non-hydrogen) atoms. The number of carboxylic acids is 2. The highest BCUT2D eigenvalue weighted by Gasteiger charge is 2.33. The molecule has 0 fully saturated rings. The highest BCUT2D eigenvalue weighted by molar-refractivity contribution is 6.00. The summed E-state index contributed by atoms with van der Waals surface area (Å²) < 4.78 is 9.89. The fourth-order valence-corrected chi connectivity index (χ4v) is 9.44. The molecule has 3 atom stereocenters. The molecule has 0 radical (unpaired) electrons. The van der Waals surface area contributed by atoms with E-state index in [0.29, 0.717) is 134 Å². The normalized spacial score (nSPS) is 13.7. The third-order valence-electron chi connectivity index (χ3n) is 13.9. The maximum atomic E-state index is 13.2. The first-order chi connectivity index (χ1) is 41.3. The van der Waals surface area contributed by atoms with Gasteiger partial charge in [-0.15, -0.1) is 19.7 Å². The zero-order valence-corrected chi connectivity index (χ0v) is 51.5. The second kappa shape index (κ2) is 41.0. The summed E-state index contributed by atoms with van der Waals surface area (Å²) >= 11 is 0. The number of hydrogen-bond acceptors (Lipinski definition) is 16. The molecule has 7 N–H and O–H groups in total. The number of carbonyl (C=O) groups is 9. The molecule has 3 aromatic rings. The summed E-state index contributed by atoms with van der Waals surface area (Å²) in [6.07, 6.45) is 16.6. The molecule has 3 aliphatic heterocycles. The lowest BCUT2D eigenvalue weighted by Crippen LogP contribution is -2.50. The Bertz CT molecular complexity index is 2790. The van der Waals surface area contributed by atoms with Crippen molar-refractivity contribution in [2.75, 3.05) is 47.5 Å². The number of anilines is 3. The number of aromatic nitrogens is 3. The second-order valence-electron chi connectivity index (χ2n) is 20.6. The molecule has 0 saturated heterocycles. The maximum absolute atomic E-state index is 13.2.